The van der Waals surface area contributed by atoms with Gasteiger partial charge in [0.05, 0.1) is 24.7 Å². The minimum atomic E-state index is -0.0214. The highest BCUT2D eigenvalue weighted by Gasteiger charge is 2.36. The molecule has 0 bridgehead atoms. The van der Waals surface area contributed by atoms with Gasteiger partial charge >= 0.3 is 0 Å². The van der Waals surface area contributed by atoms with Crippen LogP contribution in [0, 0.1) is 11.8 Å². The van der Waals surface area contributed by atoms with Gasteiger partial charge in [-0.2, -0.15) is 0 Å². The second-order valence-corrected chi connectivity index (χ2v) is 9.83. The van der Waals surface area contributed by atoms with Gasteiger partial charge in [-0.1, -0.05) is 12.8 Å². The molecule has 4 aliphatic rings. The summed E-state index contributed by atoms with van der Waals surface area (Å²) in [6, 6.07) is 0.0224. The number of hydrogen-bond acceptors (Lipinski definition) is 4. The molecule has 0 aromatic heterocycles. The number of hydrogen-bond donors (Lipinski definition) is 1. The Hall–Kier alpha value is -1.14. The van der Waals surface area contributed by atoms with Crippen molar-refractivity contribution in [3.8, 4) is 0 Å². The smallest absolute Gasteiger partial charge is 0.227 e. The molecular weight excluding hydrogens is 380 g/mol. The molecule has 2 saturated carbocycles. The molecule has 0 radical (unpaired) electrons. The molecule has 4 fully saturated rings. The van der Waals surface area contributed by atoms with Gasteiger partial charge in [-0.25, -0.2) is 0 Å². The van der Waals surface area contributed by atoms with Crippen molar-refractivity contribution < 1.29 is 19.1 Å². The lowest BCUT2D eigenvalue weighted by molar-refractivity contribution is -0.139. The Morgan fingerprint density at radius 1 is 0.867 bits per heavy atom. The Balaban J connectivity index is 1.22. The van der Waals surface area contributed by atoms with E-state index in [1.807, 2.05) is 0 Å². The highest BCUT2D eigenvalue weighted by molar-refractivity contribution is 5.83. The van der Waals surface area contributed by atoms with Gasteiger partial charge in [0, 0.05) is 31.7 Å². The van der Waals surface area contributed by atoms with Crippen molar-refractivity contribution in [3.05, 3.63) is 0 Å². The highest BCUT2D eigenvalue weighted by Crippen LogP contribution is 2.30. The number of piperidine rings is 1. The Morgan fingerprint density at radius 3 is 2.37 bits per heavy atom. The van der Waals surface area contributed by atoms with E-state index in [0.717, 1.165) is 96.7 Å². The molecule has 1 N–H and O–H groups in total. The molecule has 2 saturated heterocycles. The predicted molar refractivity (Wildman–Crippen MR) is 115 cm³/mol. The number of rotatable bonds is 6. The maximum Gasteiger partial charge on any atom is 0.227 e. The SMILES string of the molecule is O=C(NC1CCCCC1C(=O)N1CCCCC1)C1CCC(OCC2CCCO2)CC1. The first-order valence-electron chi connectivity index (χ1n) is 12.5. The normalized spacial score (nSPS) is 35.2. The summed E-state index contributed by atoms with van der Waals surface area (Å²) in [5.41, 5.74) is 0. The number of nitrogens with one attached hydrogen (secondary N) is 1. The molecule has 170 valence electrons. The Bertz CT molecular complexity index is 564. The Labute approximate surface area is 181 Å². The van der Waals surface area contributed by atoms with Crippen LogP contribution in [0.4, 0.5) is 0 Å². The number of ether oxygens (including phenoxy) is 2. The molecule has 3 atom stereocenters. The highest BCUT2D eigenvalue weighted by atomic mass is 16.5. The zero-order valence-electron chi connectivity index (χ0n) is 18.5. The molecule has 30 heavy (non-hydrogen) atoms. The molecule has 3 unspecified atom stereocenters. The second-order valence-electron chi connectivity index (χ2n) is 9.83. The average Bonchev–Trinajstić information content (AvgIpc) is 3.32. The maximum absolute atomic E-state index is 13.1. The predicted octanol–water partition coefficient (Wildman–Crippen LogP) is 3.43. The van der Waals surface area contributed by atoms with Crippen LogP contribution in [0.2, 0.25) is 0 Å². The van der Waals surface area contributed by atoms with Crippen LogP contribution < -0.4 is 5.32 Å². The maximum atomic E-state index is 13.1. The van der Waals surface area contributed by atoms with E-state index >= 15 is 0 Å². The second kappa shape index (κ2) is 10.9. The third-order valence-electron chi connectivity index (χ3n) is 7.67. The van der Waals surface area contributed by atoms with Gasteiger partial charge in [-0.15, -0.1) is 0 Å². The monoisotopic (exact) mass is 420 g/mol. The van der Waals surface area contributed by atoms with E-state index in [0.29, 0.717) is 6.61 Å². The quantitative estimate of drug-likeness (QED) is 0.715. The fourth-order valence-electron chi connectivity index (χ4n) is 5.76. The van der Waals surface area contributed by atoms with Crippen LogP contribution in [0.5, 0.6) is 0 Å². The van der Waals surface area contributed by atoms with E-state index < -0.39 is 0 Å². The molecule has 6 heteroatoms. The first-order chi connectivity index (χ1) is 14.7. The first-order valence-corrected chi connectivity index (χ1v) is 12.5. The molecule has 6 nitrogen and oxygen atoms in total. The van der Waals surface area contributed by atoms with Gasteiger partial charge in [0.25, 0.3) is 0 Å². The van der Waals surface area contributed by atoms with Crippen molar-refractivity contribution >= 4 is 11.8 Å². The lowest BCUT2D eigenvalue weighted by Crippen LogP contribution is -2.51. The summed E-state index contributed by atoms with van der Waals surface area (Å²) in [7, 11) is 0. The number of nitrogens with zero attached hydrogens (tertiary/aromatic N) is 1. The van der Waals surface area contributed by atoms with Gasteiger partial charge in [-0.3, -0.25) is 9.59 Å². The summed E-state index contributed by atoms with van der Waals surface area (Å²) >= 11 is 0. The van der Waals surface area contributed by atoms with Crippen molar-refractivity contribution in [2.45, 2.75) is 102 Å². The van der Waals surface area contributed by atoms with Crippen LogP contribution in [0.1, 0.15) is 83.5 Å². The summed E-state index contributed by atoms with van der Waals surface area (Å²) in [5.74, 6) is 0.494. The van der Waals surface area contributed by atoms with Gasteiger partial charge in [0.1, 0.15) is 0 Å². The minimum Gasteiger partial charge on any atom is -0.376 e. The van der Waals surface area contributed by atoms with Crippen molar-refractivity contribution in [2.24, 2.45) is 11.8 Å². The van der Waals surface area contributed by atoms with E-state index in [-0.39, 0.29) is 41.9 Å². The minimum absolute atomic E-state index is 0.0214. The van der Waals surface area contributed by atoms with Gasteiger partial charge in [0.2, 0.25) is 11.8 Å². The van der Waals surface area contributed by atoms with E-state index in [1.165, 1.54) is 6.42 Å². The lowest BCUT2D eigenvalue weighted by Gasteiger charge is -2.37. The Morgan fingerprint density at radius 2 is 1.63 bits per heavy atom. The van der Waals surface area contributed by atoms with E-state index in [9.17, 15) is 9.59 Å². The van der Waals surface area contributed by atoms with Crippen molar-refractivity contribution in [1.82, 2.24) is 10.2 Å². The summed E-state index contributed by atoms with van der Waals surface area (Å²) in [6.07, 6.45) is 14.0. The molecule has 2 aliphatic heterocycles. The van der Waals surface area contributed by atoms with Crippen LogP contribution in [-0.2, 0) is 19.1 Å². The zero-order chi connectivity index (χ0) is 20.8. The van der Waals surface area contributed by atoms with E-state index in [4.69, 9.17) is 9.47 Å². The zero-order valence-corrected chi connectivity index (χ0v) is 18.5. The van der Waals surface area contributed by atoms with Crippen LogP contribution in [0.25, 0.3) is 0 Å². The molecule has 0 aromatic carbocycles. The van der Waals surface area contributed by atoms with Crippen LogP contribution >= 0.6 is 0 Å². The fraction of sp³-hybridized carbons (Fsp3) is 0.917. The molecule has 2 heterocycles. The molecule has 0 spiro atoms. The van der Waals surface area contributed by atoms with Crippen LogP contribution in [0.15, 0.2) is 0 Å². The molecular formula is C24H40N2O4. The first kappa shape index (κ1) is 22.1. The lowest BCUT2D eigenvalue weighted by atomic mass is 9.81. The Kier molecular flexibility index (Phi) is 8.05. The average molecular weight is 421 g/mol. The van der Waals surface area contributed by atoms with Crippen molar-refractivity contribution in [2.75, 3.05) is 26.3 Å². The molecule has 2 aliphatic carbocycles. The van der Waals surface area contributed by atoms with E-state index in [2.05, 4.69) is 10.2 Å². The van der Waals surface area contributed by atoms with Crippen LogP contribution in [0.3, 0.4) is 0 Å². The molecule has 2 amide bonds. The summed E-state index contributed by atoms with van der Waals surface area (Å²) in [6.45, 7) is 3.35. The van der Waals surface area contributed by atoms with Crippen molar-refractivity contribution in [1.29, 1.82) is 0 Å². The van der Waals surface area contributed by atoms with Gasteiger partial charge < -0.3 is 19.7 Å². The topological polar surface area (TPSA) is 67.9 Å². The largest absolute Gasteiger partial charge is 0.376 e. The molecule has 0 aromatic rings. The van der Waals surface area contributed by atoms with Gasteiger partial charge in [0.15, 0.2) is 0 Å². The standard InChI is InChI=1S/C24H40N2O4/c27-23(18-10-12-19(13-11-18)30-17-20-7-6-16-29-20)25-22-9-3-2-8-21(22)24(28)26-14-4-1-5-15-26/h18-22H,1-17H2,(H,25,27). The fourth-order valence-corrected chi connectivity index (χ4v) is 5.76. The van der Waals surface area contributed by atoms with E-state index in [1.54, 1.807) is 0 Å². The van der Waals surface area contributed by atoms with Crippen molar-refractivity contribution in [3.63, 3.8) is 0 Å². The summed E-state index contributed by atoms with van der Waals surface area (Å²) in [5, 5.41) is 3.30. The van der Waals surface area contributed by atoms with Crippen LogP contribution in [-0.4, -0.2) is 61.3 Å². The third-order valence-corrected chi connectivity index (χ3v) is 7.67. The number of carbonyl (C=O) groups excluding carboxylic acids is 2. The summed E-state index contributed by atoms with van der Waals surface area (Å²) < 4.78 is 11.7. The number of likely N-dealkylation sites (tertiary alicyclic amines) is 1. The number of amides is 2. The molecule has 4 rings (SSSR count). The van der Waals surface area contributed by atoms with Gasteiger partial charge in [-0.05, 0) is 70.6 Å². The third kappa shape index (κ3) is 5.76. The number of carbonyl (C=O) groups is 2. The summed E-state index contributed by atoms with van der Waals surface area (Å²) in [4.78, 5) is 28.1.